The molecule has 0 saturated carbocycles. The second-order valence-electron chi connectivity index (χ2n) is 8.64. The number of nitrogens with zero attached hydrogens (tertiary/aromatic N) is 3. The van der Waals surface area contributed by atoms with Crippen LogP contribution in [0, 0.1) is 28.0 Å². The summed E-state index contributed by atoms with van der Waals surface area (Å²) < 4.78 is 66.6. The Morgan fingerprint density at radius 3 is 2.19 bits per heavy atom. The number of carbonyl (C=O) groups is 2. The van der Waals surface area contributed by atoms with Crippen LogP contribution in [0.4, 0.5) is 23.4 Å². The molecule has 12 nitrogen and oxygen atoms in total. The Kier molecular flexibility index (Phi) is 15.1. The number of fused-ring (bicyclic) bond motifs is 1. The third-order valence-electron chi connectivity index (χ3n) is 5.38. The monoisotopic (exact) mass is 708 g/mol. The van der Waals surface area contributed by atoms with E-state index in [-0.39, 0.29) is 41.9 Å². The molecule has 0 aliphatic heterocycles. The predicted octanol–water partition coefficient (Wildman–Crippen LogP) is 6.19. The number of H-pyrrole nitrogens is 2. The zero-order valence-electron chi connectivity index (χ0n) is 24.4. The van der Waals surface area contributed by atoms with E-state index in [1.54, 1.807) is 6.92 Å². The Bertz CT molecular complexity index is 2000. The Morgan fingerprint density at radius 1 is 0.979 bits per heavy atom. The number of ether oxygens (including phenoxy) is 3. The number of aromatic nitrogens is 5. The second-order valence-corrected chi connectivity index (χ2v) is 9.80. The molecule has 0 aliphatic carbocycles. The van der Waals surface area contributed by atoms with Gasteiger partial charge in [-0.05, 0) is 55.7 Å². The van der Waals surface area contributed by atoms with Crippen molar-refractivity contribution >= 4 is 53.1 Å². The van der Waals surface area contributed by atoms with E-state index >= 15 is 0 Å². The van der Waals surface area contributed by atoms with Crippen molar-refractivity contribution in [2.75, 3.05) is 25.2 Å². The average molecular weight is 709 g/mol. The molecule has 254 valence electrons. The molecule has 4 N–H and O–H groups in total. The van der Waals surface area contributed by atoms with Crippen molar-refractivity contribution < 1.29 is 41.4 Å². The zero-order valence-corrected chi connectivity index (χ0v) is 26.0. The highest BCUT2D eigenvalue weighted by Crippen LogP contribution is 2.24. The van der Waals surface area contributed by atoms with Crippen LogP contribution >= 0.6 is 24.0 Å². The number of pyridine rings is 1. The van der Waals surface area contributed by atoms with Gasteiger partial charge in [0.1, 0.15) is 23.1 Å². The lowest BCUT2D eigenvalue weighted by molar-refractivity contribution is -0.145. The van der Waals surface area contributed by atoms with Gasteiger partial charge < -0.3 is 29.9 Å². The van der Waals surface area contributed by atoms with Crippen LogP contribution in [-0.4, -0.2) is 56.6 Å². The van der Waals surface area contributed by atoms with Gasteiger partial charge in [0.2, 0.25) is 0 Å². The lowest BCUT2D eigenvalue weighted by atomic mass is 10.3. The molecule has 5 aromatic rings. The number of rotatable bonds is 8. The summed E-state index contributed by atoms with van der Waals surface area (Å²) >= 11 is 6.23. The molecule has 48 heavy (non-hydrogen) atoms. The largest absolute Gasteiger partial charge is 0.479 e. The number of carbonyl (C=O) groups excluding carboxylic acids is 2. The molecule has 18 heteroatoms. The number of nitrogen functional groups attached to an aromatic ring is 1. The molecule has 3 aromatic heterocycles. The number of aldehydes is 1. The van der Waals surface area contributed by atoms with Crippen LogP contribution in [0.3, 0.4) is 0 Å². The first-order valence-corrected chi connectivity index (χ1v) is 14.7. The van der Waals surface area contributed by atoms with E-state index in [1.807, 2.05) is 6.26 Å². The van der Waals surface area contributed by atoms with Crippen LogP contribution in [0.25, 0.3) is 11.0 Å². The molecule has 0 saturated heterocycles. The van der Waals surface area contributed by atoms with E-state index < -0.39 is 41.4 Å². The standard InChI is InChI=1S/C13H7F2N3O2S.C10H10F2O3.C6H7N3OS.CH4/c14-7-1-2-9(8(15)4-7)20-10-3-6-5-16-13(21)18-11(6)17-12(10)19;1-2-14-10(13)6-15-9-4-3-7(11)5-8(9)12;1-11-6-8-2-4(3-10)5(7)9-6;/h1-5H,(H2,16,17,18,19,21);3-5H,2,6H2,1H3;2-3H,1H3,(H2,7,8,9);1H4. The van der Waals surface area contributed by atoms with Gasteiger partial charge in [-0.25, -0.2) is 37.3 Å². The maximum absolute atomic E-state index is 13.5. The highest BCUT2D eigenvalue weighted by Gasteiger charge is 2.11. The maximum Gasteiger partial charge on any atom is 0.344 e. The molecule has 0 aliphatic rings. The Hall–Kier alpha value is -5.36. The summed E-state index contributed by atoms with van der Waals surface area (Å²) in [6.45, 7) is 1.49. The van der Waals surface area contributed by atoms with Gasteiger partial charge in [-0.1, -0.05) is 19.2 Å². The summed E-state index contributed by atoms with van der Waals surface area (Å²) in [7, 11) is 0. The Balaban J connectivity index is 0.000000262. The topological polar surface area (TPSA) is 175 Å². The van der Waals surface area contributed by atoms with Gasteiger partial charge in [-0.3, -0.25) is 9.59 Å². The molecule has 0 fully saturated rings. The number of hydrogen-bond acceptors (Lipinski definition) is 12. The van der Waals surface area contributed by atoms with Gasteiger partial charge in [-0.15, -0.1) is 0 Å². The maximum atomic E-state index is 13.5. The van der Waals surface area contributed by atoms with Crippen molar-refractivity contribution in [2.45, 2.75) is 19.5 Å². The van der Waals surface area contributed by atoms with E-state index in [1.165, 1.54) is 30.2 Å². The van der Waals surface area contributed by atoms with Gasteiger partial charge in [0.05, 0.1) is 12.2 Å². The van der Waals surface area contributed by atoms with Crippen LogP contribution in [0.15, 0.2) is 64.8 Å². The number of nitrogens with two attached hydrogens (primary N) is 1. The number of halogens is 4. The van der Waals surface area contributed by atoms with Crippen molar-refractivity contribution in [3.63, 3.8) is 0 Å². The first-order valence-electron chi connectivity index (χ1n) is 13.0. The van der Waals surface area contributed by atoms with Crippen LogP contribution in [0.1, 0.15) is 24.7 Å². The molecule has 0 atom stereocenters. The Labute approximate surface area is 279 Å². The number of anilines is 1. The van der Waals surface area contributed by atoms with Gasteiger partial charge >= 0.3 is 5.97 Å². The van der Waals surface area contributed by atoms with E-state index in [4.69, 9.17) is 27.4 Å². The second kappa shape index (κ2) is 18.7. The fourth-order valence-electron chi connectivity index (χ4n) is 3.26. The first kappa shape index (κ1) is 38.8. The molecule has 0 bridgehead atoms. The lowest BCUT2D eigenvalue weighted by Gasteiger charge is -2.07. The average Bonchev–Trinajstić information content (AvgIpc) is 3.03. The molecular weight excluding hydrogens is 680 g/mol. The molecule has 0 spiro atoms. The molecule has 0 unspecified atom stereocenters. The third kappa shape index (κ3) is 11.5. The number of nitrogens with one attached hydrogen (secondary N) is 2. The number of aromatic amines is 2. The van der Waals surface area contributed by atoms with Gasteiger partial charge in [0.15, 0.2) is 51.7 Å². The smallest absolute Gasteiger partial charge is 0.344 e. The molecule has 0 radical (unpaired) electrons. The summed E-state index contributed by atoms with van der Waals surface area (Å²) in [6.07, 6.45) is 5.34. The van der Waals surface area contributed by atoms with E-state index in [0.29, 0.717) is 40.2 Å². The van der Waals surface area contributed by atoms with Gasteiger partial charge in [0, 0.05) is 29.9 Å². The molecule has 2 aromatic carbocycles. The van der Waals surface area contributed by atoms with Crippen LogP contribution < -0.4 is 20.8 Å². The minimum absolute atomic E-state index is 0. The fourth-order valence-corrected chi connectivity index (χ4v) is 3.76. The third-order valence-corrected chi connectivity index (χ3v) is 6.15. The summed E-state index contributed by atoms with van der Waals surface area (Å²) in [5.41, 5.74) is 5.55. The molecular formula is C30H28F4N6O6S2. The van der Waals surface area contributed by atoms with Crippen molar-refractivity contribution in [3.8, 4) is 17.2 Å². The SMILES string of the molecule is C.CCOC(=O)COc1ccc(F)cc1F.CSc1ncc(C=O)c(N)n1.O=c1[nH]c2[nH]c(=S)ncc2cc1Oc1ccc(F)cc1F. The normalized spacial score (nSPS) is 9.96. The summed E-state index contributed by atoms with van der Waals surface area (Å²) in [6, 6.07) is 7.03. The van der Waals surface area contributed by atoms with Crippen LogP contribution in [-0.2, 0) is 9.53 Å². The van der Waals surface area contributed by atoms with Crippen LogP contribution in [0.5, 0.6) is 17.2 Å². The minimum atomic E-state index is -0.903. The zero-order chi connectivity index (χ0) is 34.5. The lowest BCUT2D eigenvalue weighted by Crippen LogP contribution is -2.15. The number of hydrogen-bond donors (Lipinski definition) is 3. The number of esters is 1. The van der Waals surface area contributed by atoms with Gasteiger partial charge in [-0.2, -0.15) is 0 Å². The summed E-state index contributed by atoms with van der Waals surface area (Å²) in [5, 5.41) is 1.11. The van der Waals surface area contributed by atoms with Crippen molar-refractivity contribution in [3.05, 3.63) is 98.8 Å². The van der Waals surface area contributed by atoms with Crippen molar-refractivity contribution in [1.82, 2.24) is 24.9 Å². The highest BCUT2D eigenvalue weighted by molar-refractivity contribution is 7.98. The van der Waals surface area contributed by atoms with Crippen LogP contribution in [0.2, 0.25) is 0 Å². The van der Waals surface area contributed by atoms with Gasteiger partial charge in [0.25, 0.3) is 5.56 Å². The van der Waals surface area contributed by atoms with E-state index in [9.17, 15) is 31.9 Å². The van der Waals surface area contributed by atoms with Crippen molar-refractivity contribution in [1.29, 1.82) is 0 Å². The fraction of sp³-hybridized carbons (Fsp3) is 0.167. The number of benzene rings is 2. The van der Waals surface area contributed by atoms with E-state index in [0.717, 1.165) is 24.3 Å². The summed E-state index contributed by atoms with van der Waals surface area (Å²) in [5.74, 6) is -4.11. The summed E-state index contributed by atoms with van der Waals surface area (Å²) in [4.78, 5) is 49.8. The minimum Gasteiger partial charge on any atom is -0.479 e. The number of thioether (sulfide) groups is 1. The molecule has 0 amide bonds. The quantitative estimate of drug-likeness (QED) is 0.0417. The Morgan fingerprint density at radius 2 is 1.62 bits per heavy atom. The molecule has 3 heterocycles. The van der Waals surface area contributed by atoms with E-state index in [2.05, 4.69) is 29.7 Å². The van der Waals surface area contributed by atoms with Crippen molar-refractivity contribution in [2.24, 2.45) is 0 Å². The highest BCUT2D eigenvalue weighted by atomic mass is 32.2. The first-order chi connectivity index (χ1) is 22.4. The predicted molar refractivity (Wildman–Crippen MR) is 173 cm³/mol. The molecule has 5 rings (SSSR count).